The second kappa shape index (κ2) is 6.41. The lowest BCUT2D eigenvalue weighted by atomic mass is 9.98. The van der Waals surface area contributed by atoms with E-state index >= 15 is 0 Å². The van der Waals surface area contributed by atoms with Gasteiger partial charge in [-0.3, -0.25) is 4.79 Å². The van der Waals surface area contributed by atoms with E-state index in [1.54, 1.807) is 0 Å². The highest BCUT2D eigenvalue weighted by Crippen LogP contribution is 2.11. The van der Waals surface area contributed by atoms with E-state index in [1.165, 1.54) is 0 Å². The highest BCUT2D eigenvalue weighted by Gasteiger charge is 2.24. The summed E-state index contributed by atoms with van der Waals surface area (Å²) in [6.45, 7) is 5.64. The number of hydrogen-bond donors (Lipinski definition) is 2. The van der Waals surface area contributed by atoms with Gasteiger partial charge in [0.05, 0.1) is 6.07 Å². The first-order valence-corrected chi connectivity index (χ1v) is 5.29. The summed E-state index contributed by atoms with van der Waals surface area (Å²) in [7, 11) is 0. The van der Waals surface area contributed by atoms with Crippen molar-refractivity contribution in [1.29, 1.82) is 5.26 Å². The first-order chi connectivity index (χ1) is 6.96. The van der Waals surface area contributed by atoms with Crippen molar-refractivity contribution in [3.63, 3.8) is 0 Å². The molecule has 1 unspecified atom stereocenters. The first kappa shape index (κ1) is 13.9. The molecule has 0 bridgehead atoms. The van der Waals surface area contributed by atoms with Gasteiger partial charge in [0.1, 0.15) is 5.92 Å². The van der Waals surface area contributed by atoms with Gasteiger partial charge >= 0.3 is 0 Å². The van der Waals surface area contributed by atoms with Crippen LogP contribution in [0, 0.1) is 17.2 Å². The molecule has 0 aromatic heterocycles. The lowest BCUT2D eigenvalue weighted by Gasteiger charge is -2.26. The third-order valence-electron chi connectivity index (χ3n) is 2.25. The molecule has 4 heteroatoms. The number of nitrogens with one attached hydrogen (secondary N) is 1. The fourth-order valence-electron chi connectivity index (χ4n) is 1.31. The molecule has 0 aliphatic heterocycles. The van der Waals surface area contributed by atoms with Gasteiger partial charge in [-0.25, -0.2) is 0 Å². The van der Waals surface area contributed by atoms with Crippen molar-refractivity contribution in [2.45, 2.75) is 45.6 Å². The van der Waals surface area contributed by atoms with Crippen molar-refractivity contribution in [3.05, 3.63) is 0 Å². The molecule has 0 saturated carbocycles. The molecule has 0 aromatic rings. The molecule has 2 N–H and O–H groups in total. The Hall–Kier alpha value is -1.08. The lowest BCUT2D eigenvalue weighted by molar-refractivity contribution is -0.125. The molecule has 0 spiro atoms. The molecule has 0 aliphatic rings. The van der Waals surface area contributed by atoms with E-state index in [0.717, 1.165) is 6.42 Å². The molecule has 1 amide bonds. The summed E-state index contributed by atoms with van der Waals surface area (Å²) in [6, 6.07) is 1.99. The minimum Gasteiger partial charge on any atom is -0.396 e. The quantitative estimate of drug-likeness (QED) is 0.695. The second-order valence-electron chi connectivity index (χ2n) is 4.32. The van der Waals surface area contributed by atoms with Crippen molar-refractivity contribution in [2.75, 3.05) is 6.61 Å². The molecular weight excluding hydrogens is 192 g/mol. The Morgan fingerprint density at radius 3 is 2.60 bits per heavy atom. The predicted molar refractivity (Wildman–Crippen MR) is 57.9 cm³/mol. The van der Waals surface area contributed by atoms with Crippen LogP contribution in [-0.4, -0.2) is 23.2 Å². The standard InChI is InChI=1S/C11H20N2O2/c1-4-5-9(8-12)10(15)13-11(2,3)6-7-14/h9,14H,4-7H2,1-3H3,(H,13,15). The molecule has 0 saturated heterocycles. The second-order valence-corrected chi connectivity index (χ2v) is 4.32. The number of aliphatic hydroxyl groups is 1. The highest BCUT2D eigenvalue weighted by atomic mass is 16.3. The number of nitriles is 1. The minimum absolute atomic E-state index is 0.0261. The van der Waals surface area contributed by atoms with E-state index in [9.17, 15) is 4.79 Å². The van der Waals surface area contributed by atoms with E-state index in [2.05, 4.69) is 5.32 Å². The number of nitrogens with zero attached hydrogens (tertiary/aromatic N) is 1. The van der Waals surface area contributed by atoms with Gasteiger partial charge in [0.15, 0.2) is 0 Å². The summed E-state index contributed by atoms with van der Waals surface area (Å²) in [5.74, 6) is -0.814. The number of rotatable bonds is 6. The van der Waals surface area contributed by atoms with Gasteiger partial charge in [0.25, 0.3) is 0 Å². The van der Waals surface area contributed by atoms with E-state index < -0.39 is 11.5 Å². The third kappa shape index (κ3) is 5.38. The fraction of sp³-hybridized carbons (Fsp3) is 0.818. The Morgan fingerprint density at radius 2 is 2.20 bits per heavy atom. The number of carbonyl (C=O) groups is 1. The van der Waals surface area contributed by atoms with E-state index in [4.69, 9.17) is 10.4 Å². The van der Waals surface area contributed by atoms with Crippen LogP contribution in [0.1, 0.15) is 40.0 Å². The summed E-state index contributed by atoms with van der Waals surface area (Å²) in [6.07, 6.45) is 1.88. The highest BCUT2D eigenvalue weighted by molar-refractivity contribution is 5.81. The van der Waals surface area contributed by atoms with Crippen molar-refractivity contribution in [2.24, 2.45) is 5.92 Å². The topological polar surface area (TPSA) is 73.1 Å². The Kier molecular flexibility index (Phi) is 5.95. The number of aliphatic hydroxyl groups excluding tert-OH is 1. The number of hydrogen-bond acceptors (Lipinski definition) is 3. The maximum absolute atomic E-state index is 11.6. The zero-order valence-electron chi connectivity index (χ0n) is 9.71. The van der Waals surface area contributed by atoms with Crippen LogP contribution in [0.15, 0.2) is 0 Å². The Bertz CT molecular complexity index is 243. The molecular formula is C11H20N2O2. The third-order valence-corrected chi connectivity index (χ3v) is 2.25. The van der Waals surface area contributed by atoms with E-state index in [-0.39, 0.29) is 12.5 Å². The van der Waals surface area contributed by atoms with Crippen LogP contribution in [0.3, 0.4) is 0 Å². The number of carbonyl (C=O) groups excluding carboxylic acids is 1. The Balaban J connectivity index is 4.28. The van der Waals surface area contributed by atoms with Crippen molar-refractivity contribution in [3.8, 4) is 6.07 Å². The van der Waals surface area contributed by atoms with Gasteiger partial charge < -0.3 is 10.4 Å². The lowest BCUT2D eigenvalue weighted by Crippen LogP contribution is -2.46. The maximum Gasteiger partial charge on any atom is 0.237 e. The summed E-state index contributed by atoms with van der Waals surface area (Å²) < 4.78 is 0. The van der Waals surface area contributed by atoms with Gasteiger partial charge in [-0.05, 0) is 26.7 Å². The molecule has 0 fully saturated rings. The normalized spacial score (nSPS) is 13.0. The molecule has 0 heterocycles. The van der Waals surface area contributed by atoms with Gasteiger partial charge in [-0.1, -0.05) is 13.3 Å². The summed E-state index contributed by atoms with van der Waals surface area (Å²) >= 11 is 0. The minimum atomic E-state index is -0.576. The Labute approximate surface area is 91.3 Å². The van der Waals surface area contributed by atoms with Crippen LogP contribution in [0.4, 0.5) is 0 Å². The molecule has 86 valence electrons. The van der Waals surface area contributed by atoms with Gasteiger partial charge in [-0.2, -0.15) is 5.26 Å². The number of amides is 1. The summed E-state index contributed by atoms with van der Waals surface area (Å²) in [4.78, 5) is 11.6. The predicted octanol–water partition coefficient (Wildman–Crippen LogP) is 1.20. The van der Waals surface area contributed by atoms with Gasteiger partial charge in [0.2, 0.25) is 5.91 Å². The van der Waals surface area contributed by atoms with E-state index in [1.807, 2.05) is 26.8 Å². The SMILES string of the molecule is CCCC(C#N)C(=O)NC(C)(C)CCO. The monoisotopic (exact) mass is 212 g/mol. The van der Waals surface area contributed by atoms with E-state index in [0.29, 0.717) is 12.8 Å². The Morgan fingerprint density at radius 1 is 1.60 bits per heavy atom. The zero-order chi connectivity index (χ0) is 11.9. The van der Waals surface area contributed by atoms with Crippen LogP contribution in [0.2, 0.25) is 0 Å². The van der Waals surface area contributed by atoms with Gasteiger partial charge in [-0.15, -0.1) is 0 Å². The fourth-order valence-corrected chi connectivity index (χ4v) is 1.31. The smallest absolute Gasteiger partial charge is 0.237 e. The largest absolute Gasteiger partial charge is 0.396 e. The zero-order valence-corrected chi connectivity index (χ0v) is 9.71. The van der Waals surface area contributed by atoms with Crippen molar-refractivity contribution >= 4 is 5.91 Å². The average molecular weight is 212 g/mol. The van der Waals surface area contributed by atoms with Crippen molar-refractivity contribution in [1.82, 2.24) is 5.32 Å². The van der Waals surface area contributed by atoms with Crippen LogP contribution < -0.4 is 5.32 Å². The van der Waals surface area contributed by atoms with Crippen LogP contribution in [0.25, 0.3) is 0 Å². The molecule has 0 radical (unpaired) electrons. The van der Waals surface area contributed by atoms with Gasteiger partial charge in [0, 0.05) is 12.1 Å². The maximum atomic E-state index is 11.6. The van der Waals surface area contributed by atoms with Crippen molar-refractivity contribution < 1.29 is 9.90 Å². The van der Waals surface area contributed by atoms with Crippen LogP contribution in [-0.2, 0) is 4.79 Å². The molecule has 15 heavy (non-hydrogen) atoms. The molecule has 1 atom stereocenters. The molecule has 0 aliphatic carbocycles. The average Bonchev–Trinajstić information content (AvgIpc) is 2.12. The van der Waals surface area contributed by atoms with Crippen LogP contribution >= 0.6 is 0 Å². The summed E-state index contributed by atoms with van der Waals surface area (Å²) in [5.41, 5.74) is -0.450. The van der Waals surface area contributed by atoms with Crippen LogP contribution in [0.5, 0.6) is 0 Å². The summed E-state index contributed by atoms with van der Waals surface area (Å²) in [5, 5.41) is 20.4. The first-order valence-electron chi connectivity index (χ1n) is 5.29. The molecule has 0 aromatic carbocycles. The molecule has 4 nitrogen and oxygen atoms in total. The molecule has 0 rings (SSSR count).